The zero-order chi connectivity index (χ0) is 23.6. The summed E-state index contributed by atoms with van der Waals surface area (Å²) in [5.41, 5.74) is 6.03. The van der Waals surface area contributed by atoms with Crippen LogP contribution < -0.4 is 10.1 Å². The van der Waals surface area contributed by atoms with Gasteiger partial charge in [-0.3, -0.25) is 4.72 Å². The lowest BCUT2D eigenvalue weighted by Crippen LogP contribution is -2.23. The van der Waals surface area contributed by atoms with Gasteiger partial charge in [0, 0.05) is 12.2 Å². The van der Waals surface area contributed by atoms with Crippen LogP contribution in [-0.2, 0) is 31.4 Å². The number of nitrogens with one attached hydrogen (secondary N) is 2. The number of nitrogens with zero attached hydrogens (tertiary/aromatic N) is 3. The molecule has 2 aromatic carbocycles. The van der Waals surface area contributed by atoms with Crippen LogP contribution in [0.5, 0.6) is 0 Å². The van der Waals surface area contributed by atoms with Crippen LogP contribution in [0.15, 0.2) is 58.0 Å². The van der Waals surface area contributed by atoms with E-state index in [1.807, 2.05) is 38.1 Å². The largest absolute Gasteiger partial charge is 0.423 e. The lowest BCUT2D eigenvalue weighted by molar-refractivity contribution is 0.473. The zero-order valence-electron chi connectivity index (χ0n) is 18.0. The third-order valence-corrected chi connectivity index (χ3v) is 7.86. The van der Waals surface area contributed by atoms with E-state index in [2.05, 4.69) is 25.4 Å². The summed E-state index contributed by atoms with van der Waals surface area (Å²) in [7, 11) is -7.70. The van der Waals surface area contributed by atoms with Gasteiger partial charge in [-0.05, 0) is 31.5 Å². The minimum atomic E-state index is -3.88. The van der Waals surface area contributed by atoms with Gasteiger partial charge in [0.25, 0.3) is 0 Å². The molecular formula is C21H23N5O5S2. The highest BCUT2D eigenvalue weighted by Gasteiger charge is 2.35. The van der Waals surface area contributed by atoms with E-state index in [1.165, 1.54) is 0 Å². The predicted octanol–water partition coefficient (Wildman–Crippen LogP) is 2.24. The van der Waals surface area contributed by atoms with Crippen molar-refractivity contribution in [3.05, 3.63) is 77.0 Å². The molecule has 10 nitrogen and oxygen atoms in total. The Bertz CT molecular complexity index is 1380. The quantitative estimate of drug-likeness (QED) is 0.514. The van der Waals surface area contributed by atoms with E-state index >= 15 is 0 Å². The van der Waals surface area contributed by atoms with Gasteiger partial charge in [0.1, 0.15) is 11.5 Å². The highest BCUT2D eigenvalue weighted by atomic mass is 32.2. The number of aryl methyl sites for hydroxylation is 2. The standard InChI is InChI=1S/C21H23N5O5S2/c1-14-3-7-16(8-4-14)18-11-22-25-21(18)32(27,28)12-19-23-24-20(31-19)13-33(29,30)26-17-9-5-15(2)6-10-17/h3-10,18,22,26H,11-13H2,1-2H3. The van der Waals surface area contributed by atoms with Gasteiger partial charge >= 0.3 is 0 Å². The Hall–Kier alpha value is -3.25. The van der Waals surface area contributed by atoms with Crippen molar-refractivity contribution in [1.29, 1.82) is 0 Å². The van der Waals surface area contributed by atoms with E-state index in [1.54, 1.807) is 24.3 Å². The number of aromatic nitrogens is 2. The lowest BCUT2D eigenvalue weighted by atomic mass is 10.00. The molecule has 2 N–H and O–H groups in total. The Morgan fingerprint density at radius 2 is 1.48 bits per heavy atom. The fraction of sp³-hybridized carbons (Fsp3) is 0.286. The highest BCUT2D eigenvalue weighted by Crippen LogP contribution is 2.25. The van der Waals surface area contributed by atoms with E-state index in [4.69, 9.17) is 4.42 Å². The predicted molar refractivity (Wildman–Crippen MR) is 124 cm³/mol. The summed E-state index contributed by atoms with van der Waals surface area (Å²) in [6.07, 6.45) is 0. The van der Waals surface area contributed by atoms with Gasteiger partial charge < -0.3 is 9.84 Å². The van der Waals surface area contributed by atoms with Crippen LogP contribution in [0, 0.1) is 13.8 Å². The van der Waals surface area contributed by atoms with Crippen LogP contribution in [-0.4, -0.2) is 38.6 Å². The van der Waals surface area contributed by atoms with Crippen LogP contribution >= 0.6 is 0 Å². The molecule has 12 heteroatoms. The van der Waals surface area contributed by atoms with Crippen LogP contribution in [0.2, 0.25) is 0 Å². The van der Waals surface area contributed by atoms with Gasteiger partial charge in [0.15, 0.2) is 5.04 Å². The molecule has 1 aliphatic heterocycles. The summed E-state index contributed by atoms with van der Waals surface area (Å²) in [6.45, 7) is 4.20. The summed E-state index contributed by atoms with van der Waals surface area (Å²) in [5.74, 6) is -2.00. The SMILES string of the molecule is Cc1ccc(NS(=O)(=O)Cc2nnc(CS(=O)(=O)C3=NNCC3c3ccc(C)cc3)o2)cc1. The van der Waals surface area contributed by atoms with Crippen LogP contribution in [0.3, 0.4) is 0 Å². The second kappa shape index (κ2) is 8.94. The molecule has 1 aromatic heterocycles. The maximum absolute atomic E-state index is 13.0. The average molecular weight is 490 g/mol. The number of sulfone groups is 1. The highest BCUT2D eigenvalue weighted by molar-refractivity contribution is 8.05. The fourth-order valence-corrected chi connectivity index (χ4v) is 5.82. The molecule has 1 unspecified atom stereocenters. The molecule has 0 spiro atoms. The summed E-state index contributed by atoms with van der Waals surface area (Å²) in [6, 6.07) is 14.4. The molecule has 1 aliphatic rings. The number of benzene rings is 2. The maximum atomic E-state index is 13.0. The van der Waals surface area contributed by atoms with Crippen molar-refractivity contribution in [3.63, 3.8) is 0 Å². The second-order valence-corrected chi connectivity index (χ2v) is 11.5. The van der Waals surface area contributed by atoms with Crippen LogP contribution in [0.4, 0.5) is 5.69 Å². The second-order valence-electron chi connectivity index (χ2n) is 7.85. The van der Waals surface area contributed by atoms with Crippen molar-refractivity contribution >= 4 is 30.6 Å². The van der Waals surface area contributed by atoms with Crippen molar-refractivity contribution in [1.82, 2.24) is 15.6 Å². The van der Waals surface area contributed by atoms with E-state index in [9.17, 15) is 16.8 Å². The first-order chi connectivity index (χ1) is 15.6. The molecule has 0 saturated heterocycles. The van der Waals surface area contributed by atoms with Gasteiger partial charge in [-0.2, -0.15) is 5.10 Å². The molecule has 1 atom stereocenters. The summed E-state index contributed by atoms with van der Waals surface area (Å²) in [4.78, 5) is 0. The first kappa shape index (κ1) is 22.9. The summed E-state index contributed by atoms with van der Waals surface area (Å²) in [5, 5.41) is 11.4. The molecule has 0 aliphatic carbocycles. The Balaban J connectivity index is 1.45. The summed E-state index contributed by atoms with van der Waals surface area (Å²) < 4.78 is 58.5. The van der Waals surface area contributed by atoms with E-state index in [0.717, 1.165) is 16.7 Å². The molecule has 4 rings (SSSR count). The fourth-order valence-electron chi connectivity index (χ4n) is 3.37. The first-order valence-electron chi connectivity index (χ1n) is 10.1. The Morgan fingerprint density at radius 1 is 0.909 bits per heavy atom. The smallest absolute Gasteiger partial charge is 0.241 e. The molecule has 0 radical (unpaired) electrons. The minimum absolute atomic E-state index is 0.0141. The molecule has 0 fully saturated rings. The molecule has 174 valence electrons. The molecule has 33 heavy (non-hydrogen) atoms. The number of anilines is 1. The molecular weight excluding hydrogens is 466 g/mol. The van der Waals surface area contributed by atoms with E-state index in [-0.39, 0.29) is 16.8 Å². The van der Waals surface area contributed by atoms with Crippen LogP contribution in [0.1, 0.15) is 34.4 Å². The molecule has 0 bridgehead atoms. The maximum Gasteiger partial charge on any atom is 0.241 e. The molecule has 2 heterocycles. The first-order valence-corrected chi connectivity index (χ1v) is 13.4. The third-order valence-electron chi connectivity index (χ3n) is 5.04. The van der Waals surface area contributed by atoms with Crippen molar-refractivity contribution in [2.24, 2.45) is 5.10 Å². The Labute approximate surface area is 192 Å². The van der Waals surface area contributed by atoms with Crippen LogP contribution in [0.25, 0.3) is 0 Å². The monoisotopic (exact) mass is 489 g/mol. The number of hydrogen-bond donors (Lipinski definition) is 2. The Kier molecular flexibility index (Phi) is 6.21. The third kappa shape index (κ3) is 5.57. The van der Waals surface area contributed by atoms with E-state index < -0.39 is 37.3 Å². The molecule has 3 aromatic rings. The average Bonchev–Trinajstić information content (AvgIpc) is 3.40. The molecule has 0 amide bonds. The topological polar surface area (TPSA) is 144 Å². The number of rotatable bonds is 7. The zero-order valence-corrected chi connectivity index (χ0v) is 19.6. The van der Waals surface area contributed by atoms with Gasteiger partial charge in [-0.1, -0.05) is 47.5 Å². The minimum Gasteiger partial charge on any atom is -0.423 e. The lowest BCUT2D eigenvalue weighted by Gasteiger charge is -2.12. The van der Waals surface area contributed by atoms with Crippen molar-refractivity contribution < 1.29 is 21.3 Å². The van der Waals surface area contributed by atoms with Crippen molar-refractivity contribution in [2.75, 3.05) is 11.3 Å². The van der Waals surface area contributed by atoms with Crippen molar-refractivity contribution in [3.8, 4) is 0 Å². The summed E-state index contributed by atoms with van der Waals surface area (Å²) >= 11 is 0. The van der Waals surface area contributed by atoms with Crippen molar-refractivity contribution in [2.45, 2.75) is 31.3 Å². The normalized spacial score (nSPS) is 16.3. The van der Waals surface area contributed by atoms with Gasteiger partial charge in [-0.15, -0.1) is 10.2 Å². The van der Waals surface area contributed by atoms with Gasteiger partial charge in [0.2, 0.25) is 31.6 Å². The number of hydrogen-bond acceptors (Lipinski definition) is 9. The van der Waals surface area contributed by atoms with Gasteiger partial charge in [-0.25, -0.2) is 16.8 Å². The Morgan fingerprint density at radius 3 is 2.12 bits per heavy atom. The number of hydrazone groups is 1. The molecule has 0 saturated carbocycles. The number of sulfonamides is 1. The van der Waals surface area contributed by atoms with Gasteiger partial charge in [0.05, 0.1) is 5.92 Å². The van der Waals surface area contributed by atoms with E-state index in [0.29, 0.717) is 12.2 Å².